The number of carbonyl (C=O) groups is 1. The topological polar surface area (TPSA) is 48.5 Å². The lowest BCUT2D eigenvalue weighted by Crippen LogP contribution is -2.48. The maximum absolute atomic E-state index is 12.4. The summed E-state index contributed by atoms with van der Waals surface area (Å²) < 4.78 is 37.3. The minimum absolute atomic E-state index is 0.00620. The summed E-state index contributed by atoms with van der Waals surface area (Å²) in [4.78, 5) is 19.6. The van der Waals surface area contributed by atoms with E-state index in [0.29, 0.717) is 44.6 Å². The molecule has 0 saturated carbocycles. The molecule has 2 fully saturated rings. The molecule has 0 bridgehead atoms. The standard InChI is InChI=1S/C17H23F3N4O/c18-17(19,20)12-23-8-3-14(4-9-23)22-15-5-10-24(11-15)16(25)13-1-6-21-7-2-13/h1-2,6-7,14-15,22H,3-5,8-12H2. The van der Waals surface area contributed by atoms with Gasteiger partial charge in [-0.1, -0.05) is 0 Å². The summed E-state index contributed by atoms with van der Waals surface area (Å²) >= 11 is 0. The van der Waals surface area contributed by atoms with Crippen LogP contribution in [0.15, 0.2) is 24.5 Å². The van der Waals surface area contributed by atoms with Crippen LogP contribution in [0.2, 0.25) is 0 Å². The summed E-state index contributed by atoms with van der Waals surface area (Å²) in [5, 5.41) is 3.52. The normalized spacial score (nSPS) is 23.2. The fraction of sp³-hybridized carbons (Fsp3) is 0.647. The fourth-order valence-electron chi connectivity index (χ4n) is 3.60. The van der Waals surface area contributed by atoms with E-state index in [2.05, 4.69) is 10.3 Å². The summed E-state index contributed by atoms with van der Waals surface area (Å²) in [6, 6.07) is 3.86. The summed E-state index contributed by atoms with van der Waals surface area (Å²) in [7, 11) is 0. The number of hydrogen-bond acceptors (Lipinski definition) is 4. The van der Waals surface area contributed by atoms with Gasteiger partial charge in [-0.2, -0.15) is 13.2 Å². The molecule has 1 aromatic heterocycles. The van der Waals surface area contributed by atoms with Gasteiger partial charge in [-0.25, -0.2) is 0 Å². The second-order valence-corrected chi connectivity index (χ2v) is 6.80. The molecule has 5 nitrogen and oxygen atoms in total. The minimum Gasteiger partial charge on any atom is -0.337 e. The first-order valence-electron chi connectivity index (χ1n) is 8.65. The van der Waals surface area contributed by atoms with Gasteiger partial charge in [0, 0.05) is 43.1 Å². The van der Waals surface area contributed by atoms with Crippen LogP contribution in [0.4, 0.5) is 13.2 Å². The first-order chi connectivity index (χ1) is 11.9. The molecule has 3 heterocycles. The summed E-state index contributed by atoms with van der Waals surface area (Å²) in [5.74, 6) is 0.00620. The molecule has 25 heavy (non-hydrogen) atoms. The molecule has 1 unspecified atom stereocenters. The second kappa shape index (κ2) is 7.70. The number of aromatic nitrogens is 1. The Labute approximate surface area is 145 Å². The second-order valence-electron chi connectivity index (χ2n) is 6.80. The Kier molecular flexibility index (Phi) is 5.58. The van der Waals surface area contributed by atoms with Crippen LogP contribution < -0.4 is 5.32 Å². The van der Waals surface area contributed by atoms with Crippen LogP contribution in [0.5, 0.6) is 0 Å². The number of halogens is 3. The highest BCUT2D eigenvalue weighted by atomic mass is 19.4. The Morgan fingerprint density at radius 3 is 2.40 bits per heavy atom. The predicted octanol–water partition coefficient (Wildman–Crippen LogP) is 1.91. The molecule has 8 heteroatoms. The van der Waals surface area contributed by atoms with Gasteiger partial charge >= 0.3 is 6.18 Å². The highest BCUT2D eigenvalue weighted by Gasteiger charge is 2.34. The molecule has 1 atom stereocenters. The first-order valence-corrected chi connectivity index (χ1v) is 8.65. The molecule has 0 aliphatic carbocycles. The van der Waals surface area contributed by atoms with E-state index in [9.17, 15) is 18.0 Å². The number of likely N-dealkylation sites (tertiary alicyclic amines) is 2. The summed E-state index contributed by atoms with van der Waals surface area (Å²) in [6.07, 6.45) is 1.39. The van der Waals surface area contributed by atoms with Crippen LogP contribution in [0.1, 0.15) is 29.6 Å². The molecular formula is C17H23F3N4O. The maximum atomic E-state index is 12.4. The molecule has 1 amide bonds. The molecule has 1 N–H and O–H groups in total. The number of piperidine rings is 1. The van der Waals surface area contributed by atoms with Crippen molar-refractivity contribution in [1.29, 1.82) is 0 Å². The van der Waals surface area contributed by atoms with Crippen LogP contribution in [-0.4, -0.2) is 71.7 Å². The van der Waals surface area contributed by atoms with Crippen molar-refractivity contribution in [3.8, 4) is 0 Å². The van der Waals surface area contributed by atoms with Crippen molar-refractivity contribution < 1.29 is 18.0 Å². The Hall–Kier alpha value is -1.67. The number of nitrogens with zero attached hydrogens (tertiary/aromatic N) is 3. The van der Waals surface area contributed by atoms with Gasteiger partial charge in [0.15, 0.2) is 0 Å². The maximum Gasteiger partial charge on any atom is 0.401 e. The lowest BCUT2D eigenvalue weighted by molar-refractivity contribution is -0.148. The van der Waals surface area contributed by atoms with E-state index in [1.54, 1.807) is 24.5 Å². The lowest BCUT2D eigenvalue weighted by atomic mass is 10.0. The van der Waals surface area contributed by atoms with Gasteiger partial charge in [0.25, 0.3) is 5.91 Å². The molecule has 2 aliphatic heterocycles. The van der Waals surface area contributed by atoms with E-state index in [0.717, 1.165) is 6.42 Å². The Balaban J connectivity index is 1.43. The highest BCUT2D eigenvalue weighted by molar-refractivity contribution is 5.94. The van der Waals surface area contributed by atoms with Crippen molar-refractivity contribution in [3.05, 3.63) is 30.1 Å². The SMILES string of the molecule is O=C(c1ccncc1)N1CCC(NC2CCN(CC(F)(F)F)CC2)C1. The number of hydrogen-bond donors (Lipinski definition) is 1. The molecule has 0 aromatic carbocycles. The number of nitrogens with one attached hydrogen (secondary N) is 1. The van der Waals surface area contributed by atoms with Crippen LogP contribution >= 0.6 is 0 Å². The third kappa shape index (κ3) is 5.15. The Bertz CT molecular complexity index is 573. The summed E-state index contributed by atoms with van der Waals surface area (Å²) in [6.45, 7) is 1.44. The number of rotatable bonds is 4. The molecular weight excluding hydrogens is 333 g/mol. The lowest BCUT2D eigenvalue weighted by Gasteiger charge is -2.34. The van der Waals surface area contributed by atoms with Crippen molar-refractivity contribution in [2.75, 3.05) is 32.7 Å². The van der Waals surface area contributed by atoms with E-state index >= 15 is 0 Å². The highest BCUT2D eigenvalue weighted by Crippen LogP contribution is 2.21. The average molecular weight is 356 g/mol. The van der Waals surface area contributed by atoms with Crippen molar-refractivity contribution >= 4 is 5.91 Å². The van der Waals surface area contributed by atoms with Gasteiger partial charge in [-0.3, -0.25) is 14.7 Å². The summed E-state index contributed by atoms with van der Waals surface area (Å²) in [5.41, 5.74) is 0.635. The van der Waals surface area contributed by atoms with Gasteiger partial charge in [0.2, 0.25) is 0 Å². The number of carbonyl (C=O) groups excluding carboxylic acids is 1. The molecule has 3 rings (SSSR count). The van der Waals surface area contributed by atoms with E-state index in [-0.39, 0.29) is 18.0 Å². The van der Waals surface area contributed by atoms with Crippen LogP contribution in [-0.2, 0) is 0 Å². The Morgan fingerprint density at radius 2 is 1.76 bits per heavy atom. The largest absolute Gasteiger partial charge is 0.401 e. The number of pyridine rings is 1. The third-order valence-electron chi connectivity index (χ3n) is 4.86. The molecule has 0 radical (unpaired) electrons. The predicted molar refractivity (Wildman–Crippen MR) is 87.2 cm³/mol. The van der Waals surface area contributed by atoms with E-state index in [4.69, 9.17) is 0 Å². The van der Waals surface area contributed by atoms with Gasteiger partial charge in [0.1, 0.15) is 0 Å². The van der Waals surface area contributed by atoms with Crippen molar-refractivity contribution in [2.45, 2.75) is 37.5 Å². The van der Waals surface area contributed by atoms with Gasteiger partial charge < -0.3 is 10.2 Å². The fourth-order valence-corrected chi connectivity index (χ4v) is 3.60. The van der Waals surface area contributed by atoms with E-state index < -0.39 is 12.7 Å². The van der Waals surface area contributed by atoms with Gasteiger partial charge in [0.05, 0.1) is 6.54 Å². The molecule has 2 saturated heterocycles. The van der Waals surface area contributed by atoms with Gasteiger partial charge in [-0.05, 0) is 44.5 Å². The molecule has 2 aliphatic rings. The molecule has 0 spiro atoms. The zero-order chi connectivity index (χ0) is 17.9. The smallest absolute Gasteiger partial charge is 0.337 e. The van der Waals surface area contributed by atoms with Crippen LogP contribution in [0.25, 0.3) is 0 Å². The Morgan fingerprint density at radius 1 is 1.12 bits per heavy atom. The van der Waals surface area contributed by atoms with Gasteiger partial charge in [-0.15, -0.1) is 0 Å². The zero-order valence-corrected chi connectivity index (χ0v) is 14.0. The quantitative estimate of drug-likeness (QED) is 0.895. The van der Waals surface area contributed by atoms with Crippen molar-refractivity contribution in [3.63, 3.8) is 0 Å². The van der Waals surface area contributed by atoms with Crippen LogP contribution in [0, 0.1) is 0 Å². The number of alkyl halides is 3. The van der Waals surface area contributed by atoms with Crippen LogP contribution in [0.3, 0.4) is 0 Å². The molecule has 1 aromatic rings. The number of amides is 1. The minimum atomic E-state index is -4.13. The zero-order valence-electron chi connectivity index (χ0n) is 14.0. The first kappa shape index (κ1) is 18.1. The average Bonchev–Trinajstić information content (AvgIpc) is 3.04. The van der Waals surface area contributed by atoms with E-state index in [1.807, 2.05) is 4.90 Å². The van der Waals surface area contributed by atoms with Crippen molar-refractivity contribution in [1.82, 2.24) is 20.1 Å². The molecule has 138 valence electrons. The monoisotopic (exact) mass is 356 g/mol. The third-order valence-corrected chi connectivity index (χ3v) is 4.86. The van der Waals surface area contributed by atoms with Crippen molar-refractivity contribution in [2.24, 2.45) is 0 Å². The van der Waals surface area contributed by atoms with E-state index in [1.165, 1.54) is 4.90 Å².